The fourth-order valence-corrected chi connectivity index (χ4v) is 2.52. The first-order chi connectivity index (χ1) is 11.4. The smallest absolute Gasteiger partial charge is 0.337 e. The SMILES string of the molecule is O=C(c1ccnc(Nc2cccc(C(F)(F)F)c2)n1)N1CCCC1. The molecule has 1 aliphatic heterocycles. The van der Waals surface area contributed by atoms with Gasteiger partial charge in [0.1, 0.15) is 5.69 Å². The molecule has 0 atom stereocenters. The van der Waals surface area contributed by atoms with E-state index in [0.717, 1.165) is 25.0 Å². The van der Waals surface area contributed by atoms with Gasteiger partial charge in [-0.2, -0.15) is 13.2 Å². The molecular weight excluding hydrogens is 321 g/mol. The van der Waals surface area contributed by atoms with Crippen LogP contribution >= 0.6 is 0 Å². The maximum atomic E-state index is 12.7. The van der Waals surface area contributed by atoms with E-state index in [1.54, 1.807) is 4.90 Å². The van der Waals surface area contributed by atoms with Crippen molar-refractivity contribution in [3.8, 4) is 0 Å². The number of rotatable bonds is 3. The Hall–Kier alpha value is -2.64. The number of nitrogens with zero attached hydrogens (tertiary/aromatic N) is 3. The van der Waals surface area contributed by atoms with Crippen molar-refractivity contribution in [1.82, 2.24) is 14.9 Å². The van der Waals surface area contributed by atoms with Crippen molar-refractivity contribution in [2.24, 2.45) is 0 Å². The zero-order valence-corrected chi connectivity index (χ0v) is 12.7. The maximum absolute atomic E-state index is 12.7. The van der Waals surface area contributed by atoms with Gasteiger partial charge >= 0.3 is 6.18 Å². The summed E-state index contributed by atoms with van der Waals surface area (Å²) in [5.74, 6) is -0.110. The summed E-state index contributed by atoms with van der Waals surface area (Å²) in [6, 6.07) is 6.23. The first kappa shape index (κ1) is 16.2. The summed E-state index contributed by atoms with van der Waals surface area (Å²) < 4.78 is 38.2. The molecule has 8 heteroatoms. The van der Waals surface area contributed by atoms with Crippen LogP contribution in [0.2, 0.25) is 0 Å². The van der Waals surface area contributed by atoms with E-state index in [2.05, 4.69) is 15.3 Å². The third-order valence-electron chi connectivity index (χ3n) is 3.71. The topological polar surface area (TPSA) is 58.1 Å². The number of hydrogen-bond acceptors (Lipinski definition) is 4. The van der Waals surface area contributed by atoms with Gasteiger partial charge in [0.05, 0.1) is 5.56 Å². The average Bonchev–Trinajstić information content (AvgIpc) is 3.08. The van der Waals surface area contributed by atoms with Gasteiger partial charge in [0, 0.05) is 25.0 Å². The van der Waals surface area contributed by atoms with Crippen LogP contribution in [0.1, 0.15) is 28.9 Å². The molecular formula is C16H15F3N4O. The molecule has 1 fully saturated rings. The highest BCUT2D eigenvalue weighted by molar-refractivity contribution is 5.92. The molecule has 1 aromatic carbocycles. The fourth-order valence-electron chi connectivity index (χ4n) is 2.52. The van der Waals surface area contributed by atoms with Gasteiger partial charge < -0.3 is 10.2 Å². The Morgan fingerprint density at radius 1 is 1.17 bits per heavy atom. The van der Waals surface area contributed by atoms with Crippen LogP contribution in [-0.2, 0) is 6.18 Å². The van der Waals surface area contributed by atoms with Gasteiger partial charge in [0.15, 0.2) is 0 Å². The van der Waals surface area contributed by atoms with E-state index in [1.165, 1.54) is 24.4 Å². The Balaban J connectivity index is 1.78. The standard InChI is InChI=1S/C16H15F3N4O/c17-16(18,19)11-4-3-5-12(10-11)21-15-20-7-6-13(22-15)14(24)23-8-1-2-9-23/h3-7,10H,1-2,8-9H2,(H,20,21,22). The van der Waals surface area contributed by atoms with Gasteiger partial charge in [-0.1, -0.05) is 6.07 Å². The molecule has 1 N–H and O–H groups in total. The zero-order valence-electron chi connectivity index (χ0n) is 12.7. The van der Waals surface area contributed by atoms with Crippen molar-refractivity contribution >= 4 is 17.5 Å². The van der Waals surface area contributed by atoms with Crippen molar-refractivity contribution < 1.29 is 18.0 Å². The molecule has 3 rings (SSSR count). The lowest BCUT2D eigenvalue weighted by atomic mass is 10.2. The predicted octanol–water partition coefficient (Wildman–Crippen LogP) is 3.48. The van der Waals surface area contributed by atoms with Crippen molar-refractivity contribution in [2.75, 3.05) is 18.4 Å². The lowest BCUT2D eigenvalue weighted by Gasteiger charge is -2.15. The van der Waals surface area contributed by atoms with Crippen molar-refractivity contribution in [3.63, 3.8) is 0 Å². The molecule has 126 valence electrons. The molecule has 0 unspecified atom stereocenters. The maximum Gasteiger partial charge on any atom is 0.416 e. The first-order valence-corrected chi connectivity index (χ1v) is 7.50. The summed E-state index contributed by atoms with van der Waals surface area (Å²) in [6.07, 6.45) is -1.09. The number of likely N-dealkylation sites (tertiary alicyclic amines) is 1. The number of anilines is 2. The summed E-state index contributed by atoms with van der Waals surface area (Å²) in [6.45, 7) is 1.39. The minimum Gasteiger partial charge on any atom is -0.337 e. The molecule has 2 aromatic rings. The molecule has 1 saturated heterocycles. The number of amides is 1. The van der Waals surface area contributed by atoms with Crippen LogP contribution in [0.5, 0.6) is 0 Å². The second-order valence-electron chi connectivity index (χ2n) is 5.47. The highest BCUT2D eigenvalue weighted by Gasteiger charge is 2.30. The van der Waals surface area contributed by atoms with Gasteiger partial charge in [0.2, 0.25) is 5.95 Å². The number of aromatic nitrogens is 2. The Morgan fingerprint density at radius 3 is 2.62 bits per heavy atom. The van der Waals surface area contributed by atoms with Crippen molar-refractivity contribution in [3.05, 3.63) is 47.8 Å². The second-order valence-corrected chi connectivity index (χ2v) is 5.47. The number of nitrogens with one attached hydrogen (secondary N) is 1. The Kier molecular flexibility index (Phi) is 4.37. The third-order valence-corrected chi connectivity index (χ3v) is 3.71. The molecule has 0 spiro atoms. The van der Waals surface area contributed by atoms with Crippen LogP contribution in [0.15, 0.2) is 36.5 Å². The van der Waals surface area contributed by atoms with Crippen molar-refractivity contribution in [2.45, 2.75) is 19.0 Å². The summed E-state index contributed by atoms with van der Waals surface area (Å²) in [5.41, 5.74) is -0.339. The van der Waals surface area contributed by atoms with E-state index in [4.69, 9.17) is 0 Å². The van der Waals surface area contributed by atoms with E-state index < -0.39 is 11.7 Å². The van der Waals surface area contributed by atoms with Gasteiger partial charge in [0.25, 0.3) is 5.91 Å². The van der Waals surface area contributed by atoms with Crippen molar-refractivity contribution in [1.29, 1.82) is 0 Å². The largest absolute Gasteiger partial charge is 0.416 e. The van der Waals surface area contributed by atoms with Crippen LogP contribution in [0, 0.1) is 0 Å². The summed E-state index contributed by atoms with van der Waals surface area (Å²) >= 11 is 0. The number of hydrogen-bond donors (Lipinski definition) is 1. The van der Waals surface area contributed by atoms with Crippen LogP contribution in [0.3, 0.4) is 0 Å². The average molecular weight is 336 g/mol. The first-order valence-electron chi connectivity index (χ1n) is 7.50. The highest BCUT2D eigenvalue weighted by atomic mass is 19.4. The zero-order chi connectivity index (χ0) is 17.2. The molecule has 0 saturated carbocycles. The molecule has 1 aliphatic rings. The molecule has 24 heavy (non-hydrogen) atoms. The van der Waals surface area contributed by atoms with E-state index >= 15 is 0 Å². The number of benzene rings is 1. The van der Waals surface area contributed by atoms with Crippen LogP contribution in [-0.4, -0.2) is 33.9 Å². The lowest BCUT2D eigenvalue weighted by molar-refractivity contribution is -0.137. The Labute approximate surface area is 136 Å². The number of halogens is 3. The van der Waals surface area contributed by atoms with Gasteiger partial charge in [-0.15, -0.1) is 0 Å². The number of carbonyl (C=O) groups is 1. The van der Waals surface area contributed by atoms with Crippen LogP contribution in [0.4, 0.5) is 24.8 Å². The Bertz CT molecular complexity index is 742. The van der Waals surface area contributed by atoms with Gasteiger partial charge in [-0.3, -0.25) is 4.79 Å². The van der Waals surface area contributed by atoms with E-state index in [1.807, 2.05) is 0 Å². The normalized spacial score (nSPS) is 14.7. The molecule has 0 aliphatic carbocycles. The lowest BCUT2D eigenvalue weighted by Crippen LogP contribution is -2.28. The summed E-state index contributed by atoms with van der Waals surface area (Å²) in [5, 5.41) is 2.71. The molecule has 0 bridgehead atoms. The number of alkyl halides is 3. The minimum atomic E-state index is -4.42. The minimum absolute atomic E-state index is 0.0828. The molecule has 0 radical (unpaired) electrons. The molecule has 2 heterocycles. The second kappa shape index (κ2) is 6.46. The predicted molar refractivity (Wildman–Crippen MR) is 81.9 cm³/mol. The quantitative estimate of drug-likeness (QED) is 0.932. The van der Waals surface area contributed by atoms with Crippen LogP contribution < -0.4 is 5.32 Å². The Morgan fingerprint density at radius 2 is 1.92 bits per heavy atom. The molecule has 5 nitrogen and oxygen atoms in total. The van der Waals surface area contributed by atoms with E-state index in [-0.39, 0.29) is 23.2 Å². The molecule has 1 amide bonds. The van der Waals surface area contributed by atoms with E-state index in [0.29, 0.717) is 13.1 Å². The van der Waals surface area contributed by atoms with Gasteiger partial charge in [-0.25, -0.2) is 9.97 Å². The third kappa shape index (κ3) is 3.64. The van der Waals surface area contributed by atoms with Gasteiger partial charge in [-0.05, 0) is 37.1 Å². The summed E-state index contributed by atoms with van der Waals surface area (Å²) in [4.78, 5) is 22.1. The number of carbonyl (C=O) groups excluding carboxylic acids is 1. The van der Waals surface area contributed by atoms with Crippen LogP contribution in [0.25, 0.3) is 0 Å². The monoisotopic (exact) mass is 336 g/mol. The highest BCUT2D eigenvalue weighted by Crippen LogP contribution is 2.31. The molecule has 1 aromatic heterocycles. The summed E-state index contributed by atoms with van der Waals surface area (Å²) in [7, 11) is 0. The fraction of sp³-hybridized carbons (Fsp3) is 0.312. The van der Waals surface area contributed by atoms with E-state index in [9.17, 15) is 18.0 Å².